The number of methoxy groups -OCH3 is 1. The average Bonchev–Trinajstić information content (AvgIpc) is 2.89. The van der Waals surface area contributed by atoms with Gasteiger partial charge >= 0.3 is 24.2 Å². The number of ether oxygens (including phenoxy) is 6. The van der Waals surface area contributed by atoms with Crippen molar-refractivity contribution in [2.45, 2.75) is 97.6 Å². The molecule has 0 bridgehead atoms. The molecule has 0 aliphatic heterocycles. The van der Waals surface area contributed by atoms with E-state index in [9.17, 15) is 19.2 Å². The molecule has 0 aliphatic carbocycles. The molecule has 0 spiro atoms. The molecule has 0 amide bonds. The summed E-state index contributed by atoms with van der Waals surface area (Å²) >= 11 is 0. The van der Waals surface area contributed by atoms with Crippen molar-refractivity contribution in [2.75, 3.05) is 20.3 Å². The van der Waals surface area contributed by atoms with Crippen LogP contribution in [-0.4, -0.2) is 56.2 Å². The molecule has 0 aliphatic rings. The summed E-state index contributed by atoms with van der Waals surface area (Å²) in [4.78, 5) is 49.6. The van der Waals surface area contributed by atoms with E-state index < -0.39 is 29.9 Å². The van der Waals surface area contributed by atoms with Crippen LogP contribution in [0.4, 0.5) is 9.59 Å². The first-order valence-corrected chi connectivity index (χ1v) is 13.9. The van der Waals surface area contributed by atoms with E-state index in [1.54, 1.807) is 19.9 Å². The zero-order valence-corrected chi connectivity index (χ0v) is 24.6. The van der Waals surface area contributed by atoms with Gasteiger partial charge in [0.05, 0.1) is 26.2 Å². The van der Waals surface area contributed by atoms with E-state index in [-0.39, 0.29) is 49.4 Å². The van der Waals surface area contributed by atoms with Crippen LogP contribution in [-0.2, 0) is 35.0 Å². The molecular weight excluding hydrogens is 522 g/mol. The fourth-order valence-electron chi connectivity index (χ4n) is 3.88. The number of nitrogens with two attached hydrogens (primary N) is 1. The van der Waals surface area contributed by atoms with Crippen LogP contribution in [0.15, 0.2) is 18.2 Å². The molecular formula is C29H45NO10. The van der Waals surface area contributed by atoms with E-state index in [0.717, 1.165) is 19.3 Å². The third-order valence-corrected chi connectivity index (χ3v) is 6.03. The monoisotopic (exact) mass is 567 g/mol. The molecule has 0 fully saturated rings. The van der Waals surface area contributed by atoms with Gasteiger partial charge in [0.25, 0.3) is 0 Å². The van der Waals surface area contributed by atoms with Gasteiger partial charge in [-0.3, -0.25) is 9.59 Å². The van der Waals surface area contributed by atoms with Crippen molar-refractivity contribution in [1.82, 2.24) is 0 Å². The van der Waals surface area contributed by atoms with Crippen LogP contribution in [0.1, 0.15) is 85.1 Å². The lowest BCUT2D eigenvalue weighted by atomic mass is 9.86. The number of carbonyl (C=O) groups is 4. The average molecular weight is 568 g/mol. The van der Waals surface area contributed by atoms with Gasteiger partial charge < -0.3 is 34.2 Å². The second-order valence-corrected chi connectivity index (χ2v) is 9.86. The Balaban J connectivity index is 3.18. The molecule has 2 unspecified atom stereocenters. The number of rotatable bonds is 17. The highest BCUT2D eigenvalue weighted by atomic mass is 16.7. The van der Waals surface area contributed by atoms with E-state index in [1.807, 2.05) is 20.8 Å². The van der Waals surface area contributed by atoms with Crippen molar-refractivity contribution in [1.29, 1.82) is 0 Å². The molecule has 11 nitrogen and oxygen atoms in total. The van der Waals surface area contributed by atoms with Gasteiger partial charge in [-0.15, -0.1) is 0 Å². The summed E-state index contributed by atoms with van der Waals surface area (Å²) in [5.74, 6) is -1.56. The normalized spacial score (nSPS) is 13.8. The lowest BCUT2D eigenvalue weighted by Gasteiger charge is -2.30. The van der Waals surface area contributed by atoms with Crippen LogP contribution in [0.2, 0.25) is 0 Å². The van der Waals surface area contributed by atoms with Gasteiger partial charge in [-0.05, 0) is 43.9 Å². The maximum atomic E-state index is 12.8. The largest absolute Gasteiger partial charge is 0.513 e. The lowest BCUT2D eigenvalue weighted by Crippen LogP contribution is -2.53. The Bertz CT molecular complexity index is 966. The number of hydrogen-bond acceptors (Lipinski definition) is 11. The fourth-order valence-corrected chi connectivity index (χ4v) is 3.88. The van der Waals surface area contributed by atoms with Crippen LogP contribution in [0.5, 0.6) is 11.5 Å². The van der Waals surface area contributed by atoms with Crippen molar-refractivity contribution in [3.05, 3.63) is 23.8 Å². The smallest absolute Gasteiger partial charge is 0.468 e. The van der Waals surface area contributed by atoms with Crippen molar-refractivity contribution in [3.63, 3.8) is 0 Å². The summed E-state index contributed by atoms with van der Waals surface area (Å²) in [6, 6.07) is 4.38. The minimum Gasteiger partial charge on any atom is -0.468 e. The van der Waals surface area contributed by atoms with E-state index in [1.165, 1.54) is 19.2 Å². The van der Waals surface area contributed by atoms with Gasteiger partial charge in [0.15, 0.2) is 11.5 Å². The predicted molar refractivity (Wildman–Crippen MR) is 147 cm³/mol. The number of carbonyl (C=O) groups excluding carboxylic acids is 4. The van der Waals surface area contributed by atoms with Gasteiger partial charge in [-0.25, -0.2) is 9.59 Å². The standard InChI is InChI=1S/C29H45NO10/c1-7-10-15-36-27(33)39-23-14-13-22(17-24(23)40-28(34)37-16-11-8-2)19-29(30,26(32)35-6)18-21(5)38-25(31)20(4)12-9-3/h13-14,17,20-21H,7-12,15-16,18-19,30H2,1-6H3/t20?,21?,29-/m1/s1. The van der Waals surface area contributed by atoms with E-state index in [4.69, 9.17) is 34.2 Å². The number of hydrogen-bond donors (Lipinski definition) is 1. The van der Waals surface area contributed by atoms with Crippen molar-refractivity contribution >= 4 is 24.2 Å². The highest BCUT2D eigenvalue weighted by molar-refractivity contribution is 5.81. The fraction of sp³-hybridized carbons (Fsp3) is 0.655. The Hall–Kier alpha value is -3.34. The van der Waals surface area contributed by atoms with E-state index >= 15 is 0 Å². The Kier molecular flexibility index (Phi) is 15.7. The molecule has 1 aromatic carbocycles. The van der Waals surface area contributed by atoms with Gasteiger partial charge in [0, 0.05) is 12.8 Å². The summed E-state index contributed by atoms with van der Waals surface area (Å²) < 4.78 is 31.2. The molecule has 0 saturated heterocycles. The third kappa shape index (κ3) is 12.2. The third-order valence-electron chi connectivity index (χ3n) is 6.03. The molecule has 40 heavy (non-hydrogen) atoms. The number of unbranched alkanes of at least 4 members (excludes halogenated alkanes) is 2. The topological polar surface area (TPSA) is 150 Å². The molecule has 0 heterocycles. The van der Waals surface area contributed by atoms with Crippen LogP contribution in [0.25, 0.3) is 0 Å². The summed E-state index contributed by atoms with van der Waals surface area (Å²) in [6.45, 7) is 9.65. The van der Waals surface area contributed by atoms with Gasteiger partial charge in [0.1, 0.15) is 11.6 Å². The maximum absolute atomic E-state index is 12.8. The number of benzene rings is 1. The lowest BCUT2D eigenvalue weighted by molar-refractivity contribution is -0.157. The predicted octanol–water partition coefficient (Wildman–Crippen LogP) is 5.49. The highest BCUT2D eigenvalue weighted by Crippen LogP contribution is 2.32. The molecule has 0 aromatic heterocycles. The van der Waals surface area contributed by atoms with E-state index in [0.29, 0.717) is 24.8 Å². The SMILES string of the molecule is CCCCOC(=O)Oc1ccc(C[C@](N)(CC(C)OC(=O)C(C)CCC)C(=O)OC)cc1OC(=O)OCCCC. The summed E-state index contributed by atoms with van der Waals surface area (Å²) in [5.41, 5.74) is 5.40. The molecule has 2 N–H and O–H groups in total. The zero-order chi connectivity index (χ0) is 30.1. The van der Waals surface area contributed by atoms with Crippen molar-refractivity contribution < 1.29 is 47.6 Å². The Morgan fingerprint density at radius 2 is 1.45 bits per heavy atom. The van der Waals surface area contributed by atoms with Crippen LogP contribution >= 0.6 is 0 Å². The Morgan fingerprint density at radius 3 is 1.98 bits per heavy atom. The van der Waals surface area contributed by atoms with Crippen molar-refractivity contribution in [3.8, 4) is 11.5 Å². The number of esters is 2. The minimum absolute atomic E-state index is 0.0263. The molecule has 0 saturated carbocycles. The Morgan fingerprint density at radius 1 is 0.875 bits per heavy atom. The second-order valence-electron chi connectivity index (χ2n) is 9.86. The molecule has 0 radical (unpaired) electrons. The summed E-state index contributed by atoms with van der Waals surface area (Å²) in [6.07, 6.45) is 1.77. The minimum atomic E-state index is -1.58. The molecule has 226 valence electrons. The van der Waals surface area contributed by atoms with Gasteiger partial charge in [0.2, 0.25) is 0 Å². The molecule has 11 heteroatoms. The van der Waals surface area contributed by atoms with Crippen LogP contribution in [0, 0.1) is 5.92 Å². The maximum Gasteiger partial charge on any atom is 0.513 e. The zero-order valence-electron chi connectivity index (χ0n) is 24.6. The van der Waals surface area contributed by atoms with Crippen LogP contribution < -0.4 is 15.2 Å². The summed E-state index contributed by atoms with van der Waals surface area (Å²) in [7, 11) is 1.21. The second kappa shape index (κ2) is 18.1. The van der Waals surface area contributed by atoms with Gasteiger partial charge in [-0.2, -0.15) is 0 Å². The van der Waals surface area contributed by atoms with E-state index in [2.05, 4.69) is 0 Å². The van der Waals surface area contributed by atoms with Crippen molar-refractivity contribution in [2.24, 2.45) is 11.7 Å². The first-order valence-electron chi connectivity index (χ1n) is 13.9. The van der Waals surface area contributed by atoms with Gasteiger partial charge in [-0.1, -0.05) is 53.0 Å². The first kappa shape index (κ1) is 34.7. The highest BCUT2D eigenvalue weighted by Gasteiger charge is 2.38. The first-order chi connectivity index (χ1) is 19.0. The summed E-state index contributed by atoms with van der Waals surface area (Å²) in [5, 5.41) is 0. The Labute approximate surface area is 236 Å². The molecule has 3 atom stereocenters. The van der Waals surface area contributed by atoms with Crippen LogP contribution in [0.3, 0.4) is 0 Å². The quantitative estimate of drug-likeness (QED) is 0.110. The molecule has 1 aromatic rings. The molecule has 1 rings (SSSR count).